The van der Waals surface area contributed by atoms with Crippen molar-refractivity contribution in [3.8, 4) is 11.5 Å². The average molecular weight is 304 g/mol. The highest BCUT2D eigenvalue weighted by Gasteiger charge is 2.06. The van der Waals surface area contributed by atoms with Gasteiger partial charge in [0.2, 0.25) is 0 Å². The zero-order valence-electron chi connectivity index (χ0n) is 12.8. The van der Waals surface area contributed by atoms with Crippen LogP contribution in [-0.4, -0.2) is 5.97 Å². The summed E-state index contributed by atoms with van der Waals surface area (Å²) in [4.78, 5) is 11.3. The lowest BCUT2D eigenvalue weighted by atomic mass is 10.0. The van der Waals surface area contributed by atoms with Gasteiger partial charge in [0.15, 0.2) is 0 Å². The molecule has 3 rings (SSSR count). The van der Waals surface area contributed by atoms with E-state index in [4.69, 9.17) is 9.47 Å². The van der Waals surface area contributed by atoms with E-state index in [2.05, 4.69) is 13.2 Å². The Morgan fingerprint density at radius 1 is 0.913 bits per heavy atom. The molecular formula is C20H16O3. The minimum atomic E-state index is -0.466. The molecule has 0 spiro atoms. The first-order valence-electron chi connectivity index (χ1n) is 7.21. The number of carbonyl (C=O) groups is 1. The summed E-state index contributed by atoms with van der Waals surface area (Å²) in [6.07, 6.45) is 1.15. The van der Waals surface area contributed by atoms with Crippen LogP contribution < -0.4 is 9.47 Å². The van der Waals surface area contributed by atoms with Crippen molar-refractivity contribution in [1.29, 1.82) is 0 Å². The van der Waals surface area contributed by atoms with Gasteiger partial charge in [-0.3, -0.25) is 0 Å². The van der Waals surface area contributed by atoms with E-state index in [1.807, 2.05) is 49.4 Å². The Morgan fingerprint density at radius 3 is 1.91 bits per heavy atom. The summed E-state index contributed by atoms with van der Waals surface area (Å²) in [6.45, 7) is 8.96. The molecule has 0 amide bonds. The van der Waals surface area contributed by atoms with Gasteiger partial charge in [0.25, 0.3) is 0 Å². The van der Waals surface area contributed by atoms with Crippen LogP contribution >= 0.6 is 0 Å². The van der Waals surface area contributed by atoms with Crippen LogP contribution in [0.3, 0.4) is 0 Å². The van der Waals surface area contributed by atoms with Crippen LogP contribution in [0.15, 0.2) is 73.5 Å². The van der Waals surface area contributed by atoms with Gasteiger partial charge >= 0.3 is 5.97 Å². The van der Waals surface area contributed by atoms with Crippen LogP contribution in [0.4, 0.5) is 0 Å². The van der Waals surface area contributed by atoms with Crippen LogP contribution in [0, 0.1) is 0 Å². The lowest BCUT2D eigenvalue weighted by molar-refractivity contribution is -0.128. The van der Waals surface area contributed by atoms with Crippen LogP contribution in [0.5, 0.6) is 11.5 Å². The third-order valence-corrected chi connectivity index (χ3v) is 3.46. The normalized spacial score (nSPS) is 10.5. The van der Waals surface area contributed by atoms with Crippen LogP contribution in [-0.2, 0) is 4.79 Å². The zero-order valence-corrected chi connectivity index (χ0v) is 12.8. The highest BCUT2D eigenvalue weighted by molar-refractivity contribution is 6.08. The lowest BCUT2D eigenvalue weighted by Crippen LogP contribution is -2.02. The molecule has 3 nitrogen and oxygen atoms in total. The van der Waals surface area contributed by atoms with E-state index in [0.717, 1.165) is 33.4 Å². The highest BCUT2D eigenvalue weighted by Crippen LogP contribution is 2.31. The third-order valence-electron chi connectivity index (χ3n) is 3.46. The topological polar surface area (TPSA) is 35.5 Å². The van der Waals surface area contributed by atoms with E-state index < -0.39 is 5.97 Å². The summed E-state index contributed by atoms with van der Waals surface area (Å²) >= 11 is 0. The summed E-state index contributed by atoms with van der Waals surface area (Å²) in [7, 11) is 0. The maximum atomic E-state index is 11.3. The molecule has 0 aliphatic carbocycles. The molecular weight excluding hydrogens is 288 g/mol. The Balaban J connectivity index is 2.07. The fourth-order valence-corrected chi connectivity index (χ4v) is 2.51. The predicted octanol–water partition coefficient (Wildman–Crippen LogP) is 5.00. The minimum absolute atomic E-state index is 0.466. The number of hydrogen-bond acceptors (Lipinski definition) is 3. The van der Waals surface area contributed by atoms with Crippen molar-refractivity contribution < 1.29 is 14.3 Å². The Morgan fingerprint density at radius 2 is 1.43 bits per heavy atom. The quantitative estimate of drug-likeness (QED) is 0.224. The molecule has 0 unspecified atom stereocenters. The molecule has 0 aromatic heterocycles. The van der Waals surface area contributed by atoms with Crippen molar-refractivity contribution in [1.82, 2.24) is 0 Å². The molecule has 23 heavy (non-hydrogen) atoms. The first-order chi connectivity index (χ1) is 11.1. The number of hydrogen-bond donors (Lipinski definition) is 0. The third kappa shape index (κ3) is 3.09. The van der Waals surface area contributed by atoms with E-state index in [9.17, 15) is 4.79 Å². The first-order valence-corrected chi connectivity index (χ1v) is 7.21. The van der Waals surface area contributed by atoms with Crippen molar-refractivity contribution in [2.45, 2.75) is 6.92 Å². The van der Waals surface area contributed by atoms with E-state index in [1.54, 1.807) is 6.07 Å². The van der Waals surface area contributed by atoms with Gasteiger partial charge in [-0.2, -0.15) is 0 Å². The van der Waals surface area contributed by atoms with Crippen LogP contribution in [0.2, 0.25) is 0 Å². The summed E-state index contributed by atoms with van der Waals surface area (Å²) in [6, 6.07) is 15.5. The fraction of sp³-hybridized carbons (Fsp3) is 0.0500. The molecule has 114 valence electrons. The second-order valence-corrected chi connectivity index (χ2v) is 5.26. The fourth-order valence-electron chi connectivity index (χ4n) is 2.51. The molecule has 0 aliphatic rings. The number of rotatable bonds is 4. The molecule has 0 saturated heterocycles. The van der Waals surface area contributed by atoms with Crippen molar-refractivity contribution >= 4 is 27.5 Å². The van der Waals surface area contributed by atoms with Gasteiger partial charge in [-0.25, -0.2) is 4.79 Å². The second kappa shape index (κ2) is 5.97. The largest absolute Gasteiger partial charge is 0.463 e. The Hall–Kier alpha value is -3.07. The number of esters is 1. The molecule has 3 aromatic rings. The number of fused-ring (bicyclic) bond motifs is 3. The molecule has 3 aromatic carbocycles. The molecule has 0 fully saturated rings. The molecule has 0 N–H and O–H groups in total. The second-order valence-electron chi connectivity index (χ2n) is 5.26. The summed E-state index contributed by atoms with van der Waals surface area (Å²) in [5.41, 5.74) is 0. The zero-order chi connectivity index (χ0) is 16.4. The molecule has 0 radical (unpaired) electrons. The van der Waals surface area contributed by atoms with Crippen LogP contribution in [0.1, 0.15) is 6.92 Å². The van der Waals surface area contributed by atoms with Gasteiger partial charge in [0, 0.05) is 6.08 Å². The van der Waals surface area contributed by atoms with Crippen LogP contribution in [0.25, 0.3) is 21.5 Å². The maximum Gasteiger partial charge on any atom is 0.335 e. The highest BCUT2D eigenvalue weighted by atomic mass is 16.5. The van der Waals surface area contributed by atoms with Crippen molar-refractivity contribution in [3.63, 3.8) is 0 Å². The molecule has 0 bridgehead atoms. The number of ether oxygens (including phenoxy) is 2. The van der Waals surface area contributed by atoms with E-state index >= 15 is 0 Å². The van der Waals surface area contributed by atoms with Gasteiger partial charge < -0.3 is 9.47 Å². The molecule has 3 heteroatoms. The predicted molar refractivity (Wildman–Crippen MR) is 92.7 cm³/mol. The average Bonchev–Trinajstić information content (AvgIpc) is 2.53. The minimum Gasteiger partial charge on any atom is -0.463 e. The van der Waals surface area contributed by atoms with Crippen molar-refractivity contribution in [3.05, 3.63) is 73.5 Å². The molecule has 0 atom stereocenters. The van der Waals surface area contributed by atoms with Gasteiger partial charge in [-0.1, -0.05) is 37.4 Å². The van der Waals surface area contributed by atoms with Gasteiger partial charge in [-0.05, 0) is 52.7 Å². The lowest BCUT2D eigenvalue weighted by Gasteiger charge is -2.09. The Bertz CT molecular complexity index is 938. The standard InChI is InChI=1S/C20H16O3/c1-4-20(21)23-17-8-10-19-15(12-17)6-5-14-11-16(22-13(2)3)7-9-18(14)19/h4-12H,1-2H2,3H3. The number of carbonyl (C=O) groups excluding carboxylic acids is 1. The van der Waals surface area contributed by atoms with Gasteiger partial charge in [0.05, 0.1) is 5.76 Å². The van der Waals surface area contributed by atoms with E-state index in [1.165, 1.54) is 0 Å². The number of benzene rings is 3. The van der Waals surface area contributed by atoms with Crippen molar-refractivity contribution in [2.75, 3.05) is 0 Å². The first kappa shape index (κ1) is 14.9. The Kier molecular flexibility index (Phi) is 3.85. The van der Waals surface area contributed by atoms with E-state index in [-0.39, 0.29) is 0 Å². The summed E-state index contributed by atoms with van der Waals surface area (Å²) in [5.74, 6) is 1.45. The number of allylic oxidation sites excluding steroid dienone is 1. The SMILES string of the molecule is C=CC(=O)Oc1ccc2c(ccc3cc(OC(=C)C)ccc32)c1. The molecule has 0 saturated carbocycles. The summed E-state index contributed by atoms with van der Waals surface area (Å²) < 4.78 is 10.7. The Labute approximate surface area is 134 Å². The monoisotopic (exact) mass is 304 g/mol. The smallest absolute Gasteiger partial charge is 0.335 e. The molecule has 0 heterocycles. The van der Waals surface area contributed by atoms with E-state index in [0.29, 0.717) is 11.5 Å². The molecule has 0 aliphatic heterocycles. The maximum absolute atomic E-state index is 11.3. The van der Waals surface area contributed by atoms with Gasteiger partial charge in [-0.15, -0.1) is 0 Å². The van der Waals surface area contributed by atoms with Crippen molar-refractivity contribution in [2.24, 2.45) is 0 Å². The van der Waals surface area contributed by atoms with Gasteiger partial charge in [0.1, 0.15) is 11.5 Å². The summed E-state index contributed by atoms with van der Waals surface area (Å²) in [5, 5.41) is 4.27.